The molecule has 0 bridgehead atoms. The van der Waals surface area contributed by atoms with E-state index >= 15 is 0 Å². The Morgan fingerprint density at radius 1 is 1.00 bits per heavy atom. The number of hydrogen-bond acceptors (Lipinski definition) is 2. The zero-order chi connectivity index (χ0) is 16.4. The van der Waals surface area contributed by atoms with Crippen LogP contribution in [0.2, 0.25) is 0 Å². The monoisotopic (exact) mass is 441 g/mol. The molecule has 1 aromatic heterocycles. The molecule has 0 unspecified atom stereocenters. The highest BCUT2D eigenvalue weighted by atomic mass is 79.9. The SMILES string of the molecule is OCC[NH2+]C[C@@H](O)Cn1c2ccc(Br)cc2c2cc(Br)ccc21. The van der Waals surface area contributed by atoms with Gasteiger partial charge in [0.2, 0.25) is 0 Å². The van der Waals surface area contributed by atoms with E-state index in [-0.39, 0.29) is 6.61 Å². The molecule has 23 heavy (non-hydrogen) atoms. The summed E-state index contributed by atoms with van der Waals surface area (Å²) in [6, 6.07) is 12.4. The van der Waals surface area contributed by atoms with Crippen LogP contribution in [0.4, 0.5) is 0 Å². The molecule has 0 saturated heterocycles. The van der Waals surface area contributed by atoms with Gasteiger partial charge < -0.3 is 20.1 Å². The minimum atomic E-state index is -0.465. The molecule has 0 fully saturated rings. The van der Waals surface area contributed by atoms with Gasteiger partial charge in [-0.2, -0.15) is 0 Å². The van der Waals surface area contributed by atoms with Crippen LogP contribution in [-0.2, 0) is 6.54 Å². The molecule has 0 aliphatic heterocycles. The van der Waals surface area contributed by atoms with Crippen LogP contribution < -0.4 is 5.32 Å². The molecule has 1 atom stereocenters. The van der Waals surface area contributed by atoms with Crippen LogP contribution in [0.3, 0.4) is 0 Å². The predicted molar refractivity (Wildman–Crippen MR) is 99.6 cm³/mol. The molecule has 6 heteroatoms. The quantitative estimate of drug-likeness (QED) is 0.512. The highest BCUT2D eigenvalue weighted by Gasteiger charge is 2.15. The fourth-order valence-corrected chi connectivity index (χ4v) is 3.65. The molecule has 0 amide bonds. The number of aliphatic hydroxyl groups is 2. The van der Waals surface area contributed by atoms with E-state index in [1.165, 1.54) is 10.8 Å². The predicted octanol–water partition coefficient (Wildman–Crippen LogP) is 2.24. The normalized spacial score (nSPS) is 13.0. The average Bonchev–Trinajstić information content (AvgIpc) is 2.80. The molecular weight excluding hydrogens is 424 g/mol. The Labute approximate surface area is 151 Å². The number of nitrogens with two attached hydrogens (primary N) is 1. The topological polar surface area (TPSA) is 62.0 Å². The molecule has 0 aliphatic rings. The first-order valence-corrected chi connectivity index (χ1v) is 9.16. The van der Waals surface area contributed by atoms with Gasteiger partial charge in [0.1, 0.15) is 12.6 Å². The largest absolute Gasteiger partial charge is 0.391 e. The summed E-state index contributed by atoms with van der Waals surface area (Å²) in [5, 5.41) is 23.4. The van der Waals surface area contributed by atoms with E-state index in [1.54, 1.807) is 0 Å². The Morgan fingerprint density at radius 2 is 1.57 bits per heavy atom. The van der Waals surface area contributed by atoms with E-state index in [2.05, 4.69) is 60.7 Å². The number of nitrogens with zero attached hydrogens (tertiary/aromatic N) is 1. The zero-order valence-electron chi connectivity index (χ0n) is 12.5. The molecule has 0 radical (unpaired) electrons. The van der Waals surface area contributed by atoms with Crippen LogP contribution in [0, 0.1) is 0 Å². The Kier molecular flexibility index (Phi) is 5.38. The lowest BCUT2D eigenvalue weighted by Crippen LogP contribution is -2.87. The Bertz CT molecular complexity index is 773. The smallest absolute Gasteiger partial charge is 0.121 e. The van der Waals surface area contributed by atoms with Crippen molar-refractivity contribution in [3.05, 3.63) is 45.3 Å². The lowest BCUT2D eigenvalue weighted by molar-refractivity contribution is -0.662. The molecule has 4 nitrogen and oxygen atoms in total. The molecule has 0 aliphatic carbocycles. The summed E-state index contributed by atoms with van der Waals surface area (Å²) in [7, 11) is 0. The van der Waals surface area contributed by atoms with Crippen molar-refractivity contribution in [1.82, 2.24) is 4.57 Å². The van der Waals surface area contributed by atoms with Crippen molar-refractivity contribution in [2.75, 3.05) is 19.7 Å². The van der Waals surface area contributed by atoms with Crippen LogP contribution >= 0.6 is 31.9 Å². The Hall–Kier alpha value is -0.920. The first kappa shape index (κ1) is 16.9. The van der Waals surface area contributed by atoms with Gasteiger partial charge >= 0.3 is 0 Å². The maximum atomic E-state index is 10.3. The second-order valence-corrected chi connectivity index (χ2v) is 7.46. The van der Waals surface area contributed by atoms with Crippen molar-refractivity contribution in [2.24, 2.45) is 0 Å². The zero-order valence-corrected chi connectivity index (χ0v) is 15.7. The van der Waals surface area contributed by atoms with Gasteiger partial charge in [-0.1, -0.05) is 31.9 Å². The van der Waals surface area contributed by atoms with Gasteiger partial charge in [-0.15, -0.1) is 0 Å². The molecule has 3 rings (SSSR count). The van der Waals surface area contributed by atoms with Crippen LogP contribution in [-0.4, -0.2) is 40.6 Å². The fourth-order valence-electron chi connectivity index (χ4n) is 2.93. The fraction of sp³-hybridized carbons (Fsp3) is 0.294. The van der Waals surface area contributed by atoms with E-state index in [9.17, 15) is 5.11 Å². The summed E-state index contributed by atoms with van der Waals surface area (Å²) in [5.74, 6) is 0. The number of hydrogen-bond donors (Lipinski definition) is 3. The van der Waals surface area contributed by atoms with Crippen molar-refractivity contribution in [3.8, 4) is 0 Å². The molecule has 0 saturated carbocycles. The van der Waals surface area contributed by atoms with Crippen LogP contribution in [0.15, 0.2) is 45.3 Å². The number of benzene rings is 2. The van der Waals surface area contributed by atoms with Crippen LogP contribution in [0.1, 0.15) is 0 Å². The second kappa shape index (κ2) is 7.32. The van der Waals surface area contributed by atoms with Crippen molar-refractivity contribution in [2.45, 2.75) is 12.6 Å². The summed E-state index contributed by atoms with van der Waals surface area (Å²) >= 11 is 7.08. The second-order valence-electron chi connectivity index (χ2n) is 5.62. The number of aliphatic hydroxyl groups excluding tert-OH is 2. The standard InChI is InChI=1S/C17H18Br2N2O2/c18-11-1-3-16-14(7-11)15-8-12(19)2-4-17(15)21(16)10-13(23)9-20-5-6-22/h1-4,7-8,13,20,22-23H,5-6,9-10H2/p+1/t13-/m1/s1. The third-order valence-corrected chi connectivity index (χ3v) is 4.94. The minimum absolute atomic E-state index is 0.129. The number of fused-ring (bicyclic) bond motifs is 3. The maximum Gasteiger partial charge on any atom is 0.121 e. The molecule has 3 aromatic rings. The summed E-state index contributed by atoms with van der Waals surface area (Å²) in [6.45, 7) is 1.86. The first-order chi connectivity index (χ1) is 11.1. The highest BCUT2D eigenvalue weighted by Crippen LogP contribution is 2.33. The number of halogens is 2. The summed E-state index contributed by atoms with van der Waals surface area (Å²) in [4.78, 5) is 0. The van der Waals surface area contributed by atoms with E-state index in [0.717, 1.165) is 20.0 Å². The maximum absolute atomic E-state index is 10.3. The number of rotatable bonds is 6. The van der Waals surface area contributed by atoms with Gasteiger partial charge in [-0.05, 0) is 36.4 Å². The van der Waals surface area contributed by atoms with Crippen molar-refractivity contribution in [1.29, 1.82) is 0 Å². The van der Waals surface area contributed by atoms with E-state index in [1.807, 2.05) is 17.4 Å². The van der Waals surface area contributed by atoms with Gasteiger partial charge in [-0.25, -0.2) is 0 Å². The van der Waals surface area contributed by atoms with E-state index < -0.39 is 6.10 Å². The molecule has 0 spiro atoms. The molecule has 122 valence electrons. The Balaban J connectivity index is 2.03. The summed E-state index contributed by atoms with van der Waals surface area (Å²) < 4.78 is 4.25. The molecule has 1 heterocycles. The Morgan fingerprint density at radius 3 is 2.09 bits per heavy atom. The number of aromatic nitrogens is 1. The van der Waals surface area contributed by atoms with E-state index in [0.29, 0.717) is 19.6 Å². The first-order valence-electron chi connectivity index (χ1n) is 7.57. The van der Waals surface area contributed by atoms with Crippen LogP contribution in [0.25, 0.3) is 21.8 Å². The molecule has 2 aromatic carbocycles. The van der Waals surface area contributed by atoms with Gasteiger partial charge in [0, 0.05) is 30.8 Å². The summed E-state index contributed by atoms with van der Waals surface area (Å²) in [6.07, 6.45) is -0.465. The average molecular weight is 443 g/mol. The van der Waals surface area contributed by atoms with Gasteiger partial charge in [0.05, 0.1) is 19.7 Å². The highest BCUT2D eigenvalue weighted by molar-refractivity contribution is 9.10. The summed E-state index contributed by atoms with van der Waals surface area (Å²) in [5.41, 5.74) is 2.23. The van der Waals surface area contributed by atoms with Crippen molar-refractivity contribution < 1.29 is 15.5 Å². The third-order valence-electron chi connectivity index (χ3n) is 3.95. The number of quaternary nitrogens is 1. The third kappa shape index (κ3) is 3.61. The van der Waals surface area contributed by atoms with Crippen molar-refractivity contribution in [3.63, 3.8) is 0 Å². The van der Waals surface area contributed by atoms with E-state index in [4.69, 9.17) is 5.11 Å². The minimum Gasteiger partial charge on any atom is -0.391 e. The molecular formula is C17H19Br2N2O2+. The van der Waals surface area contributed by atoms with Gasteiger partial charge in [0.25, 0.3) is 0 Å². The lowest BCUT2D eigenvalue weighted by Gasteiger charge is -2.13. The molecule has 4 N–H and O–H groups in total. The van der Waals surface area contributed by atoms with Crippen LogP contribution in [0.5, 0.6) is 0 Å². The lowest BCUT2D eigenvalue weighted by atomic mass is 10.2. The van der Waals surface area contributed by atoms with Gasteiger partial charge in [-0.3, -0.25) is 0 Å². The van der Waals surface area contributed by atoms with Gasteiger partial charge in [0.15, 0.2) is 0 Å². The van der Waals surface area contributed by atoms with Crippen molar-refractivity contribution >= 4 is 53.7 Å².